The molecule has 0 spiro atoms. The Hall–Kier alpha value is -1.33. The maximum Gasteiger partial charge on any atom is 0.224 e. The van der Waals surface area contributed by atoms with E-state index in [9.17, 15) is 0 Å². The van der Waals surface area contributed by atoms with E-state index in [1.807, 2.05) is 18.3 Å². The molecule has 6 heteroatoms. The monoisotopic (exact) mass is 296 g/mol. The Bertz CT molecular complexity index is 541. The van der Waals surface area contributed by atoms with E-state index in [-0.39, 0.29) is 0 Å². The van der Waals surface area contributed by atoms with E-state index in [4.69, 9.17) is 11.6 Å². The molecular weight excluding hydrogens is 280 g/mol. The molecule has 0 saturated carbocycles. The second-order valence-corrected chi connectivity index (χ2v) is 5.66. The lowest BCUT2D eigenvalue weighted by Crippen LogP contribution is -2.06. The molecule has 2 aromatic heterocycles. The normalized spacial score (nSPS) is 10.5. The van der Waals surface area contributed by atoms with E-state index in [2.05, 4.69) is 39.7 Å². The summed E-state index contributed by atoms with van der Waals surface area (Å²) in [5.41, 5.74) is 0. The second kappa shape index (κ2) is 6.73. The number of thiophene rings is 1. The summed E-state index contributed by atoms with van der Waals surface area (Å²) >= 11 is 7.89. The largest absolute Gasteiger partial charge is 0.364 e. The van der Waals surface area contributed by atoms with Crippen molar-refractivity contribution in [2.24, 2.45) is 0 Å². The van der Waals surface area contributed by atoms with Crippen molar-refractivity contribution >= 4 is 34.7 Å². The Kier molecular flexibility index (Phi) is 4.99. The Morgan fingerprint density at radius 1 is 1.21 bits per heavy atom. The molecule has 4 nitrogen and oxygen atoms in total. The molecule has 0 fully saturated rings. The van der Waals surface area contributed by atoms with Crippen LogP contribution in [0.15, 0.2) is 18.3 Å². The van der Waals surface area contributed by atoms with Gasteiger partial charge in [0.1, 0.15) is 5.02 Å². The highest BCUT2D eigenvalue weighted by Crippen LogP contribution is 2.22. The number of nitrogens with one attached hydrogen (secondary N) is 2. The lowest BCUT2D eigenvalue weighted by Gasteiger charge is -2.08. The lowest BCUT2D eigenvalue weighted by molar-refractivity contribution is 1.06. The number of hydrogen-bond donors (Lipinski definition) is 2. The van der Waals surface area contributed by atoms with Gasteiger partial charge in [-0.05, 0) is 25.5 Å². The summed E-state index contributed by atoms with van der Waals surface area (Å²) in [6.07, 6.45) is 2.68. The van der Waals surface area contributed by atoms with E-state index in [1.54, 1.807) is 6.20 Å². The molecule has 0 radical (unpaired) electrons. The van der Waals surface area contributed by atoms with E-state index in [0.717, 1.165) is 19.5 Å². The average molecular weight is 297 g/mol. The molecule has 0 aliphatic rings. The number of aryl methyl sites for hydroxylation is 1. The van der Waals surface area contributed by atoms with Gasteiger partial charge in [-0.25, -0.2) is 4.98 Å². The molecule has 0 aliphatic heterocycles. The molecule has 19 heavy (non-hydrogen) atoms. The molecule has 0 unspecified atom stereocenters. The van der Waals surface area contributed by atoms with Gasteiger partial charge >= 0.3 is 0 Å². The summed E-state index contributed by atoms with van der Waals surface area (Å²) in [7, 11) is 0. The minimum atomic E-state index is 0.536. The fraction of sp³-hybridized carbons (Fsp3) is 0.385. The molecule has 2 heterocycles. The predicted octanol–water partition coefficient (Wildman–Crippen LogP) is 3.80. The van der Waals surface area contributed by atoms with E-state index in [0.29, 0.717) is 16.8 Å². The fourth-order valence-electron chi connectivity index (χ4n) is 1.61. The van der Waals surface area contributed by atoms with Crippen LogP contribution < -0.4 is 10.6 Å². The van der Waals surface area contributed by atoms with Crippen LogP contribution in [0.1, 0.15) is 23.6 Å². The first kappa shape index (κ1) is 14.1. The highest BCUT2D eigenvalue weighted by atomic mass is 35.5. The van der Waals surface area contributed by atoms with Crippen molar-refractivity contribution in [1.82, 2.24) is 9.97 Å². The van der Waals surface area contributed by atoms with Crippen LogP contribution in [-0.2, 0) is 13.0 Å². The average Bonchev–Trinajstić information content (AvgIpc) is 2.88. The third-order valence-corrected chi connectivity index (χ3v) is 4.08. The van der Waals surface area contributed by atoms with Crippen molar-refractivity contribution in [2.75, 3.05) is 17.2 Å². The van der Waals surface area contributed by atoms with E-state index < -0.39 is 0 Å². The molecule has 0 saturated heterocycles. The lowest BCUT2D eigenvalue weighted by atomic mass is 10.3. The number of rotatable bonds is 6. The quantitative estimate of drug-likeness (QED) is 0.851. The van der Waals surface area contributed by atoms with Gasteiger partial charge in [0.15, 0.2) is 5.82 Å². The third kappa shape index (κ3) is 3.81. The Morgan fingerprint density at radius 2 is 2.00 bits per heavy atom. The van der Waals surface area contributed by atoms with Crippen molar-refractivity contribution in [2.45, 2.75) is 26.8 Å². The molecule has 0 aromatic carbocycles. The van der Waals surface area contributed by atoms with Crippen LogP contribution in [0, 0.1) is 0 Å². The summed E-state index contributed by atoms with van der Waals surface area (Å²) < 4.78 is 0. The van der Waals surface area contributed by atoms with E-state index in [1.165, 1.54) is 9.75 Å². The molecule has 0 aliphatic carbocycles. The van der Waals surface area contributed by atoms with Crippen LogP contribution in [0.5, 0.6) is 0 Å². The van der Waals surface area contributed by atoms with Gasteiger partial charge in [0.25, 0.3) is 0 Å². The van der Waals surface area contributed by atoms with Gasteiger partial charge in [-0.1, -0.05) is 18.5 Å². The molecule has 0 amide bonds. The number of halogens is 1. The van der Waals surface area contributed by atoms with Gasteiger partial charge in [0.2, 0.25) is 5.95 Å². The first-order chi connectivity index (χ1) is 9.22. The number of anilines is 2. The molecule has 2 N–H and O–H groups in total. The third-order valence-electron chi connectivity index (χ3n) is 2.57. The highest BCUT2D eigenvalue weighted by molar-refractivity contribution is 7.12. The van der Waals surface area contributed by atoms with Gasteiger partial charge in [0, 0.05) is 16.3 Å². The maximum atomic E-state index is 6.08. The maximum absolute atomic E-state index is 6.08. The minimum Gasteiger partial charge on any atom is -0.364 e. The Morgan fingerprint density at radius 3 is 2.68 bits per heavy atom. The van der Waals surface area contributed by atoms with Gasteiger partial charge in [-0.3, -0.25) is 0 Å². The van der Waals surface area contributed by atoms with Crippen molar-refractivity contribution in [3.8, 4) is 0 Å². The van der Waals surface area contributed by atoms with Crippen molar-refractivity contribution in [3.05, 3.63) is 33.1 Å². The zero-order valence-corrected chi connectivity index (χ0v) is 12.6. The van der Waals surface area contributed by atoms with Gasteiger partial charge in [-0.15, -0.1) is 11.3 Å². The van der Waals surface area contributed by atoms with Crippen LogP contribution in [0.2, 0.25) is 5.02 Å². The number of nitrogens with zero attached hydrogens (tertiary/aromatic N) is 2. The molecule has 2 aromatic rings. The number of aromatic nitrogens is 2. The smallest absolute Gasteiger partial charge is 0.224 e. The summed E-state index contributed by atoms with van der Waals surface area (Å²) in [6, 6.07) is 4.30. The zero-order chi connectivity index (χ0) is 13.7. The molecule has 102 valence electrons. The van der Waals surface area contributed by atoms with Crippen molar-refractivity contribution in [1.29, 1.82) is 0 Å². The predicted molar refractivity (Wildman–Crippen MR) is 82.2 cm³/mol. The summed E-state index contributed by atoms with van der Waals surface area (Å²) in [5, 5.41) is 6.86. The van der Waals surface area contributed by atoms with Gasteiger partial charge in [-0.2, -0.15) is 4.98 Å². The zero-order valence-electron chi connectivity index (χ0n) is 11.0. The second-order valence-electron chi connectivity index (χ2n) is 4.00. The molecule has 2 rings (SSSR count). The molecule has 0 bridgehead atoms. The van der Waals surface area contributed by atoms with Gasteiger partial charge < -0.3 is 10.6 Å². The standard InChI is InChI=1S/C13H17ClN4S/c1-3-9-5-6-10(19-9)7-16-12-11(14)8-17-13(18-12)15-4-2/h5-6,8H,3-4,7H2,1-2H3,(H2,15,16,17,18). The summed E-state index contributed by atoms with van der Waals surface area (Å²) in [6.45, 7) is 5.68. The van der Waals surface area contributed by atoms with Crippen LogP contribution in [0.25, 0.3) is 0 Å². The van der Waals surface area contributed by atoms with E-state index >= 15 is 0 Å². The minimum absolute atomic E-state index is 0.536. The van der Waals surface area contributed by atoms with Crippen LogP contribution >= 0.6 is 22.9 Å². The first-order valence-corrected chi connectivity index (χ1v) is 7.50. The Labute approximate surface area is 122 Å². The first-order valence-electron chi connectivity index (χ1n) is 6.30. The summed E-state index contributed by atoms with van der Waals surface area (Å²) in [4.78, 5) is 11.1. The highest BCUT2D eigenvalue weighted by Gasteiger charge is 2.05. The topological polar surface area (TPSA) is 49.8 Å². The van der Waals surface area contributed by atoms with Crippen LogP contribution in [0.4, 0.5) is 11.8 Å². The van der Waals surface area contributed by atoms with Crippen LogP contribution in [-0.4, -0.2) is 16.5 Å². The van der Waals surface area contributed by atoms with Crippen molar-refractivity contribution < 1.29 is 0 Å². The number of hydrogen-bond acceptors (Lipinski definition) is 5. The molecule has 0 atom stereocenters. The van der Waals surface area contributed by atoms with Crippen LogP contribution in [0.3, 0.4) is 0 Å². The summed E-state index contributed by atoms with van der Waals surface area (Å²) in [5.74, 6) is 1.26. The Balaban J connectivity index is 2.03. The molecular formula is C13H17ClN4S. The van der Waals surface area contributed by atoms with Gasteiger partial charge in [0.05, 0.1) is 12.7 Å². The SMILES string of the molecule is CCNc1ncc(Cl)c(NCc2ccc(CC)s2)n1. The fourth-order valence-corrected chi connectivity index (χ4v) is 2.67. The van der Waals surface area contributed by atoms with Crippen molar-refractivity contribution in [3.63, 3.8) is 0 Å².